The van der Waals surface area contributed by atoms with E-state index in [-0.39, 0.29) is 11.8 Å². The molecule has 0 radical (unpaired) electrons. The van der Waals surface area contributed by atoms with E-state index in [0.717, 1.165) is 27.4 Å². The van der Waals surface area contributed by atoms with E-state index in [4.69, 9.17) is 0 Å². The number of nitrogens with one attached hydrogen (secondary N) is 1. The van der Waals surface area contributed by atoms with Crippen LogP contribution in [0.1, 0.15) is 25.0 Å². The van der Waals surface area contributed by atoms with Gasteiger partial charge in [-0.1, -0.05) is 36.0 Å². The van der Waals surface area contributed by atoms with Crippen LogP contribution in [-0.4, -0.2) is 23.1 Å². The van der Waals surface area contributed by atoms with Crippen LogP contribution < -0.4 is 10.2 Å². The quantitative estimate of drug-likeness (QED) is 0.842. The summed E-state index contributed by atoms with van der Waals surface area (Å²) < 4.78 is -1.19. The zero-order valence-corrected chi connectivity index (χ0v) is 15.7. The number of aryl methyl sites for hydroxylation is 1. The maximum absolute atomic E-state index is 13.1. The van der Waals surface area contributed by atoms with Gasteiger partial charge >= 0.3 is 0 Å². The molecule has 0 saturated heterocycles. The van der Waals surface area contributed by atoms with Crippen molar-refractivity contribution in [3.8, 4) is 0 Å². The topological polar surface area (TPSA) is 49.4 Å². The lowest BCUT2D eigenvalue weighted by molar-refractivity contribution is -0.128. The molecule has 1 N–H and O–H groups in total. The van der Waals surface area contributed by atoms with Crippen LogP contribution in [0, 0.1) is 13.8 Å². The van der Waals surface area contributed by atoms with E-state index in [2.05, 4.69) is 5.32 Å². The van der Waals surface area contributed by atoms with Crippen molar-refractivity contribution in [2.75, 3.05) is 16.8 Å². The van der Waals surface area contributed by atoms with Crippen molar-refractivity contribution in [3.63, 3.8) is 0 Å². The molecule has 4 nitrogen and oxygen atoms in total. The number of carbonyl (C=O) groups is 2. The largest absolute Gasteiger partial charge is 0.324 e. The van der Waals surface area contributed by atoms with Crippen LogP contribution in [0.5, 0.6) is 0 Å². The van der Waals surface area contributed by atoms with Gasteiger partial charge in [-0.05, 0) is 57.0 Å². The molecule has 25 heavy (non-hydrogen) atoms. The Bertz CT molecular complexity index is 849. The fraction of sp³-hybridized carbons (Fsp3) is 0.300. The first-order valence-electron chi connectivity index (χ1n) is 8.36. The molecule has 1 aliphatic rings. The average molecular weight is 354 g/mol. The van der Waals surface area contributed by atoms with Crippen molar-refractivity contribution in [3.05, 3.63) is 53.6 Å². The monoisotopic (exact) mass is 354 g/mol. The normalized spacial score (nSPS) is 19.5. The molecule has 2 aromatic carbocycles. The number of para-hydroxylation sites is 1. The van der Waals surface area contributed by atoms with Crippen LogP contribution in [0.25, 0.3) is 0 Å². The van der Waals surface area contributed by atoms with Gasteiger partial charge < -0.3 is 10.2 Å². The number of hydrogen-bond donors (Lipinski definition) is 1. The van der Waals surface area contributed by atoms with E-state index in [1.165, 1.54) is 11.8 Å². The maximum atomic E-state index is 13.1. The third kappa shape index (κ3) is 2.93. The molecule has 0 saturated carbocycles. The predicted octanol–water partition coefficient (Wildman–Crippen LogP) is 4.16. The van der Waals surface area contributed by atoms with Gasteiger partial charge in [-0.25, -0.2) is 0 Å². The molecule has 0 fully saturated rings. The summed E-state index contributed by atoms with van der Waals surface area (Å²) in [6, 6.07) is 13.5. The Morgan fingerprint density at radius 2 is 1.88 bits per heavy atom. The van der Waals surface area contributed by atoms with Crippen LogP contribution in [-0.2, 0) is 9.59 Å². The van der Waals surface area contributed by atoms with Crippen molar-refractivity contribution in [1.29, 1.82) is 0 Å². The molecule has 0 spiro atoms. The lowest BCUT2D eigenvalue weighted by atomic mass is 10.0. The minimum Gasteiger partial charge on any atom is -0.324 e. The van der Waals surface area contributed by atoms with Crippen LogP contribution in [0.3, 0.4) is 0 Å². The molecular formula is C20H22N2O2S. The summed E-state index contributed by atoms with van der Waals surface area (Å²) in [5, 5.41) is 2.96. The zero-order valence-electron chi connectivity index (χ0n) is 14.9. The lowest BCUT2D eigenvalue weighted by Gasteiger charge is -2.38. The molecule has 1 atom stereocenters. The van der Waals surface area contributed by atoms with E-state index in [0.29, 0.717) is 6.54 Å². The van der Waals surface area contributed by atoms with Gasteiger partial charge in [0.1, 0.15) is 0 Å². The maximum Gasteiger partial charge on any atom is 0.252 e. The SMILES string of the molecule is CCN1C(=O)C(C)(C(=O)Nc2cccc(C)c2C)Sc2ccccc21. The second-order valence-electron chi connectivity index (χ2n) is 6.35. The molecule has 3 rings (SSSR count). The smallest absolute Gasteiger partial charge is 0.252 e. The Morgan fingerprint density at radius 1 is 1.16 bits per heavy atom. The Morgan fingerprint density at radius 3 is 2.60 bits per heavy atom. The Labute approximate surface area is 152 Å². The molecule has 2 aromatic rings. The predicted molar refractivity (Wildman–Crippen MR) is 103 cm³/mol. The summed E-state index contributed by atoms with van der Waals surface area (Å²) in [5.41, 5.74) is 3.74. The molecule has 1 aliphatic heterocycles. The third-order valence-electron chi connectivity index (χ3n) is 4.73. The van der Waals surface area contributed by atoms with E-state index in [9.17, 15) is 9.59 Å². The fourth-order valence-electron chi connectivity index (χ4n) is 2.98. The van der Waals surface area contributed by atoms with Crippen molar-refractivity contribution >= 4 is 35.0 Å². The number of benzene rings is 2. The number of thioether (sulfide) groups is 1. The summed E-state index contributed by atoms with van der Waals surface area (Å²) in [6.07, 6.45) is 0. The number of carbonyl (C=O) groups excluding carboxylic acids is 2. The highest BCUT2D eigenvalue weighted by Gasteiger charge is 2.48. The van der Waals surface area contributed by atoms with Crippen molar-refractivity contribution in [2.45, 2.75) is 37.3 Å². The Hall–Kier alpha value is -2.27. The number of fused-ring (bicyclic) bond motifs is 1. The van der Waals surface area contributed by atoms with Gasteiger partial charge in [0.15, 0.2) is 4.75 Å². The number of nitrogens with zero attached hydrogens (tertiary/aromatic N) is 1. The van der Waals surface area contributed by atoms with Crippen molar-refractivity contribution < 1.29 is 9.59 Å². The van der Waals surface area contributed by atoms with Gasteiger partial charge in [-0.3, -0.25) is 9.59 Å². The molecule has 2 amide bonds. The standard InChI is InChI=1S/C20H22N2O2S/c1-5-22-16-11-6-7-12-17(16)25-20(4,19(22)24)18(23)21-15-10-8-9-13(2)14(15)3/h6-12H,5H2,1-4H3,(H,21,23). The zero-order chi connectivity index (χ0) is 18.2. The number of anilines is 2. The highest BCUT2D eigenvalue weighted by Crippen LogP contribution is 2.45. The van der Waals surface area contributed by atoms with Gasteiger partial charge in [-0.2, -0.15) is 0 Å². The number of rotatable bonds is 3. The summed E-state index contributed by atoms with van der Waals surface area (Å²) in [7, 11) is 0. The first kappa shape index (κ1) is 17.5. The first-order valence-corrected chi connectivity index (χ1v) is 9.17. The second kappa shape index (κ2) is 6.56. The van der Waals surface area contributed by atoms with Gasteiger partial charge in [0.25, 0.3) is 5.91 Å². The Kier molecular flexibility index (Phi) is 4.60. The van der Waals surface area contributed by atoms with Crippen LogP contribution in [0.15, 0.2) is 47.4 Å². The molecule has 0 aliphatic carbocycles. The highest BCUT2D eigenvalue weighted by atomic mass is 32.2. The van der Waals surface area contributed by atoms with Crippen molar-refractivity contribution in [1.82, 2.24) is 0 Å². The molecule has 5 heteroatoms. The third-order valence-corrected chi connectivity index (χ3v) is 6.06. The number of amides is 2. The van der Waals surface area contributed by atoms with Gasteiger partial charge in [0.05, 0.1) is 5.69 Å². The molecule has 130 valence electrons. The summed E-state index contributed by atoms with van der Waals surface area (Å²) in [5.74, 6) is -0.467. The van der Waals surface area contributed by atoms with E-state index in [1.54, 1.807) is 11.8 Å². The van der Waals surface area contributed by atoms with E-state index < -0.39 is 4.75 Å². The minimum absolute atomic E-state index is 0.179. The first-order chi connectivity index (χ1) is 11.9. The minimum atomic E-state index is -1.19. The van der Waals surface area contributed by atoms with Gasteiger partial charge in [0, 0.05) is 17.1 Å². The average Bonchev–Trinajstić information content (AvgIpc) is 2.60. The highest BCUT2D eigenvalue weighted by molar-refractivity contribution is 8.02. The van der Waals surface area contributed by atoms with Gasteiger partial charge in [0.2, 0.25) is 5.91 Å². The molecule has 0 bridgehead atoms. The number of hydrogen-bond acceptors (Lipinski definition) is 3. The summed E-state index contributed by atoms with van der Waals surface area (Å²) in [4.78, 5) is 28.8. The van der Waals surface area contributed by atoms with Crippen LogP contribution in [0.2, 0.25) is 0 Å². The summed E-state index contributed by atoms with van der Waals surface area (Å²) in [6.45, 7) is 8.13. The van der Waals surface area contributed by atoms with Crippen LogP contribution >= 0.6 is 11.8 Å². The van der Waals surface area contributed by atoms with E-state index in [1.807, 2.05) is 63.2 Å². The van der Waals surface area contributed by atoms with E-state index >= 15 is 0 Å². The Balaban J connectivity index is 1.96. The lowest BCUT2D eigenvalue weighted by Crippen LogP contribution is -2.54. The van der Waals surface area contributed by atoms with Gasteiger partial charge in [-0.15, -0.1) is 0 Å². The van der Waals surface area contributed by atoms with Crippen molar-refractivity contribution in [2.24, 2.45) is 0 Å². The molecule has 0 aromatic heterocycles. The molecular weight excluding hydrogens is 332 g/mol. The van der Waals surface area contributed by atoms with Crippen LogP contribution in [0.4, 0.5) is 11.4 Å². The fourth-order valence-corrected chi connectivity index (χ4v) is 4.19. The molecule has 1 heterocycles. The summed E-state index contributed by atoms with van der Waals surface area (Å²) >= 11 is 1.32. The second-order valence-corrected chi connectivity index (χ2v) is 7.81. The molecule has 1 unspecified atom stereocenters.